The predicted octanol–water partition coefficient (Wildman–Crippen LogP) is 4.47. The minimum atomic E-state index is -0.386. The Bertz CT molecular complexity index is 747. The Morgan fingerprint density at radius 1 is 0.679 bits per heavy atom. The minimum Gasteiger partial charge on any atom is -0.268 e. The van der Waals surface area contributed by atoms with Crippen LogP contribution in [0.3, 0.4) is 0 Å². The molecule has 0 aliphatic rings. The van der Waals surface area contributed by atoms with Crippen LogP contribution in [0.15, 0.2) is 60.7 Å². The first-order valence-electron chi connectivity index (χ1n) is 9.74. The van der Waals surface area contributed by atoms with Crippen molar-refractivity contribution in [3.63, 3.8) is 0 Å². The van der Waals surface area contributed by atoms with Gasteiger partial charge >= 0.3 is 0 Å². The largest absolute Gasteiger partial charge is 0.268 e. The van der Waals surface area contributed by atoms with Crippen molar-refractivity contribution in [2.75, 3.05) is 0 Å². The van der Waals surface area contributed by atoms with Crippen LogP contribution in [0.1, 0.15) is 48.9 Å². The highest BCUT2D eigenvalue weighted by atomic mass is 16.2. The Balaban J connectivity index is 1.77. The molecule has 0 aromatic heterocycles. The minimum absolute atomic E-state index is 0.386. The van der Waals surface area contributed by atoms with Gasteiger partial charge in [0.25, 0.3) is 11.8 Å². The fraction of sp³-hybridized carbons (Fsp3) is 0.250. The zero-order valence-corrected chi connectivity index (χ0v) is 16.6. The molecular weight excluding hydrogens is 348 g/mol. The Kier molecular flexibility index (Phi) is 8.73. The number of carbonyl (C=O) groups excluding carboxylic acids is 2. The predicted molar refractivity (Wildman–Crippen MR) is 115 cm³/mol. The number of carbonyl (C=O) groups is 2. The first-order chi connectivity index (χ1) is 13.6. The Morgan fingerprint density at radius 2 is 1.04 bits per heavy atom. The standard InChI is InChI=1S/C24H28N2O2/c1-3-5-19-7-11-21(12-8-19)15-17-23(27)25-26-24(28)18-16-22-13-9-20(6-4-2)10-14-22/h7-18H,3-6H2,1-2H3,(H,25,27)(H,26,28). The lowest BCUT2D eigenvalue weighted by molar-refractivity contribution is -0.123. The van der Waals surface area contributed by atoms with Crippen LogP contribution in [0.25, 0.3) is 12.2 Å². The summed E-state index contributed by atoms with van der Waals surface area (Å²) in [7, 11) is 0. The van der Waals surface area contributed by atoms with Crippen LogP contribution in [-0.4, -0.2) is 11.8 Å². The molecule has 28 heavy (non-hydrogen) atoms. The number of rotatable bonds is 8. The van der Waals surface area contributed by atoms with Gasteiger partial charge in [0.1, 0.15) is 0 Å². The lowest BCUT2D eigenvalue weighted by atomic mass is 10.1. The molecule has 0 bridgehead atoms. The Labute approximate surface area is 167 Å². The summed E-state index contributed by atoms with van der Waals surface area (Å²) in [6.45, 7) is 4.29. The number of aryl methyl sites for hydroxylation is 2. The Morgan fingerprint density at radius 3 is 1.36 bits per heavy atom. The van der Waals surface area contributed by atoms with E-state index in [9.17, 15) is 9.59 Å². The van der Waals surface area contributed by atoms with E-state index in [1.807, 2.05) is 24.3 Å². The normalized spacial score (nSPS) is 11.1. The number of benzene rings is 2. The Hall–Kier alpha value is -3.14. The molecule has 146 valence electrons. The molecule has 2 aromatic carbocycles. The van der Waals surface area contributed by atoms with E-state index in [1.165, 1.54) is 23.3 Å². The van der Waals surface area contributed by atoms with Crippen LogP contribution >= 0.6 is 0 Å². The highest BCUT2D eigenvalue weighted by Crippen LogP contribution is 2.09. The molecule has 2 rings (SSSR count). The number of hydrogen-bond donors (Lipinski definition) is 2. The van der Waals surface area contributed by atoms with E-state index in [0.29, 0.717) is 0 Å². The smallest absolute Gasteiger partial charge is 0.262 e. The van der Waals surface area contributed by atoms with E-state index in [0.717, 1.165) is 36.8 Å². The average molecular weight is 377 g/mol. The first kappa shape index (κ1) is 21.2. The van der Waals surface area contributed by atoms with Crippen LogP contribution in [0.2, 0.25) is 0 Å². The number of hydrazine groups is 1. The van der Waals surface area contributed by atoms with Gasteiger partial charge in [-0.1, -0.05) is 75.2 Å². The van der Waals surface area contributed by atoms with E-state index in [2.05, 4.69) is 49.0 Å². The second kappa shape index (κ2) is 11.5. The lowest BCUT2D eigenvalue weighted by Crippen LogP contribution is -2.39. The third-order valence-corrected chi connectivity index (χ3v) is 4.20. The van der Waals surface area contributed by atoms with E-state index in [-0.39, 0.29) is 11.8 Å². The second-order valence-electron chi connectivity index (χ2n) is 6.63. The van der Waals surface area contributed by atoms with Gasteiger partial charge in [0.2, 0.25) is 0 Å². The topological polar surface area (TPSA) is 58.2 Å². The molecule has 0 spiro atoms. The van der Waals surface area contributed by atoms with Gasteiger partial charge in [0.15, 0.2) is 0 Å². The number of hydrogen-bond acceptors (Lipinski definition) is 2. The summed E-state index contributed by atoms with van der Waals surface area (Å²) in [5, 5.41) is 0. The maximum atomic E-state index is 11.8. The third kappa shape index (κ3) is 7.62. The van der Waals surface area contributed by atoms with Gasteiger partial charge < -0.3 is 0 Å². The molecular formula is C24H28N2O2. The average Bonchev–Trinajstić information content (AvgIpc) is 2.71. The molecule has 0 unspecified atom stereocenters. The second-order valence-corrected chi connectivity index (χ2v) is 6.63. The van der Waals surface area contributed by atoms with Crippen molar-refractivity contribution in [2.24, 2.45) is 0 Å². The molecule has 0 atom stereocenters. The van der Waals surface area contributed by atoms with Gasteiger partial charge in [-0.25, -0.2) is 0 Å². The summed E-state index contributed by atoms with van der Waals surface area (Å²) < 4.78 is 0. The molecule has 2 N–H and O–H groups in total. The van der Waals surface area contributed by atoms with Gasteiger partial charge in [-0.2, -0.15) is 0 Å². The molecule has 0 fully saturated rings. The summed E-state index contributed by atoms with van der Waals surface area (Å²) >= 11 is 0. The van der Waals surface area contributed by atoms with Crippen molar-refractivity contribution in [2.45, 2.75) is 39.5 Å². The highest BCUT2D eigenvalue weighted by molar-refractivity contribution is 5.96. The van der Waals surface area contributed by atoms with E-state index in [1.54, 1.807) is 12.2 Å². The molecule has 0 radical (unpaired) electrons. The maximum Gasteiger partial charge on any atom is 0.262 e. The molecule has 0 aliphatic heterocycles. The van der Waals surface area contributed by atoms with Crippen molar-refractivity contribution >= 4 is 24.0 Å². The van der Waals surface area contributed by atoms with Crippen molar-refractivity contribution in [3.05, 3.63) is 82.9 Å². The summed E-state index contributed by atoms with van der Waals surface area (Å²) in [5.41, 5.74) is 9.18. The van der Waals surface area contributed by atoms with Gasteiger partial charge in [-0.15, -0.1) is 0 Å². The van der Waals surface area contributed by atoms with E-state index >= 15 is 0 Å². The molecule has 2 aromatic rings. The van der Waals surface area contributed by atoms with Gasteiger partial charge in [0.05, 0.1) is 0 Å². The van der Waals surface area contributed by atoms with E-state index in [4.69, 9.17) is 0 Å². The molecule has 0 saturated carbocycles. The van der Waals surface area contributed by atoms with Crippen LogP contribution in [0, 0.1) is 0 Å². The zero-order chi connectivity index (χ0) is 20.2. The first-order valence-corrected chi connectivity index (χ1v) is 9.74. The summed E-state index contributed by atoms with van der Waals surface area (Å²) in [5.74, 6) is -0.772. The summed E-state index contributed by atoms with van der Waals surface area (Å²) in [4.78, 5) is 23.7. The number of nitrogens with one attached hydrogen (secondary N) is 2. The monoisotopic (exact) mass is 376 g/mol. The molecule has 0 aliphatic carbocycles. The van der Waals surface area contributed by atoms with E-state index < -0.39 is 0 Å². The lowest BCUT2D eigenvalue weighted by Gasteiger charge is -2.02. The zero-order valence-electron chi connectivity index (χ0n) is 16.6. The van der Waals surface area contributed by atoms with Crippen molar-refractivity contribution < 1.29 is 9.59 Å². The van der Waals surface area contributed by atoms with Gasteiger partial charge in [-0.05, 0) is 47.2 Å². The van der Waals surface area contributed by atoms with Crippen LogP contribution in [0.4, 0.5) is 0 Å². The van der Waals surface area contributed by atoms with Gasteiger partial charge in [0, 0.05) is 12.2 Å². The molecule has 4 nitrogen and oxygen atoms in total. The fourth-order valence-electron chi connectivity index (χ4n) is 2.72. The van der Waals surface area contributed by atoms with Crippen LogP contribution in [0.5, 0.6) is 0 Å². The van der Waals surface area contributed by atoms with Crippen molar-refractivity contribution in [1.29, 1.82) is 0 Å². The van der Waals surface area contributed by atoms with Crippen molar-refractivity contribution in [1.82, 2.24) is 10.9 Å². The highest BCUT2D eigenvalue weighted by Gasteiger charge is 1.99. The summed E-state index contributed by atoms with van der Waals surface area (Å²) in [6, 6.07) is 16.1. The third-order valence-electron chi connectivity index (χ3n) is 4.20. The molecule has 0 saturated heterocycles. The summed E-state index contributed by atoms with van der Waals surface area (Å²) in [6.07, 6.45) is 10.5. The fourth-order valence-corrected chi connectivity index (χ4v) is 2.72. The molecule has 4 heteroatoms. The van der Waals surface area contributed by atoms with Crippen LogP contribution < -0.4 is 10.9 Å². The SMILES string of the molecule is CCCc1ccc(C=CC(=O)NNC(=O)C=Cc2ccc(CCC)cc2)cc1. The molecule has 2 amide bonds. The van der Waals surface area contributed by atoms with Gasteiger partial charge in [-0.3, -0.25) is 20.4 Å². The quantitative estimate of drug-likeness (QED) is 0.528. The number of amides is 2. The molecule has 0 heterocycles. The van der Waals surface area contributed by atoms with Crippen molar-refractivity contribution in [3.8, 4) is 0 Å². The van der Waals surface area contributed by atoms with Crippen LogP contribution in [-0.2, 0) is 22.4 Å². The maximum absolute atomic E-state index is 11.8.